The zero-order valence-electron chi connectivity index (χ0n) is 15.2. The minimum absolute atomic E-state index is 0.0180. The van der Waals surface area contributed by atoms with Gasteiger partial charge in [-0.1, -0.05) is 23.7 Å². The molecular weight excluding hydrogens is 384 g/mol. The molecule has 2 aromatic rings. The minimum atomic E-state index is -0.641. The number of nitrogens with zero attached hydrogens (tertiary/aromatic N) is 1. The molecule has 146 valence electrons. The molecule has 1 heterocycles. The zero-order chi connectivity index (χ0) is 20.1. The molecule has 1 atom stereocenters. The summed E-state index contributed by atoms with van der Waals surface area (Å²) in [6.07, 6.45) is 0.0180. The van der Waals surface area contributed by atoms with Crippen molar-refractivity contribution in [3.63, 3.8) is 0 Å². The van der Waals surface area contributed by atoms with Gasteiger partial charge in [0.1, 0.15) is 5.75 Å². The van der Waals surface area contributed by atoms with Crippen LogP contribution in [0.5, 0.6) is 5.75 Å². The van der Waals surface area contributed by atoms with Crippen LogP contribution < -0.4 is 15.0 Å². The Bertz CT molecular complexity index is 884. The third-order valence-electron chi connectivity index (χ3n) is 4.32. The Balaban J connectivity index is 1.51. The number of carbonyl (C=O) groups is 3. The predicted molar refractivity (Wildman–Crippen MR) is 104 cm³/mol. The fraction of sp³-hybridized carbons (Fsp3) is 0.250. The number of hydrogen-bond donors (Lipinski definition) is 1. The van der Waals surface area contributed by atoms with Gasteiger partial charge >= 0.3 is 5.97 Å². The lowest BCUT2D eigenvalue weighted by molar-refractivity contribution is -0.151. The fourth-order valence-corrected chi connectivity index (χ4v) is 3.13. The van der Waals surface area contributed by atoms with Crippen LogP contribution in [-0.4, -0.2) is 38.0 Å². The second kappa shape index (κ2) is 8.75. The van der Waals surface area contributed by atoms with Crippen molar-refractivity contribution in [3.05, 3.63) is 53.6 Å². The Morgan fingerprint density at radius 2 is 1.89 bits per heavy atom. The average molecular weight is 403 g/mol. The number of carbonyl (C=O) groups excluding carboxylic acids is 3. The first kappa shape index (κ1) is 19.7. The van der Waals surface area contributed by atoms with E-state index in [1.807, 2.05) is 0 Å². The third kappa shape index (κ3) is 4.61. The number of halogens is 1. The highest BCUT2D eigenvalue weighted by atomic mass is 35.5. The van der Waals surface area contributed by atoms with Crippen LogP contribution in [-0.2, 0) is 19.1 Å². The van der Waals surface area contributed by atoms with Gasteiger partial charge in [-0.3, -0.25) is 14.4 Å². The third-order valence-corrected chi connectivity index (χ3v) is 4.64. The van der Waals surface area contributed by atoms with E-state index >= 15 is 0 Å². The number of nitrogens with one attached hydrogen (secondary N) is 1. The van der Waals surface area contributed by atoms with E-state index in [9.17, 15) is 14.4 Å². The van der Waals surface area contributed by atoms with Crippen molar-refractivity contribution in [2.24, 2.45) is 5.92 Å². The lowest BCUT2D eigenvalue weighted by atomic mass is 10.1. The summed E-state index contributed by atoms with van der Waals surface area (Å²) in [4.78, 5) is 37.9. The molecule has 3 rings (SSSR count). The second-order valence-electron chi connectivity index (χ2n) is 6.24. The molecule has 0 radical (unpaired) electrons. The molecule has 1 aliphatic rings. The van der Waals surface area contributed by atoms with E-state index in [-0.39, 0.29) is 18.9 Å². The Hall–Kier alpha value is -3.06. The van der Waals surface area contributed by atoms with Crippen LogP contribution in [0, 0.1) is 5.92 Å². The molecule has 0 bridgehead atoms. The largest absolute Gasteiger partial charge is 0.497 e. The van der Waals surface area contributed by atoms with E-state index in [0.29, 0.717) is 22.1 Å². The first-order valence-corrected chi connectivity index (χ1v) is 9.01. The lowest BCUT2D eigenvalue weighted by Crippen LogP contribution is -2.28. The zero-order valence-corrected chi connectivity index (χ0v) is 15.9. The first-order chi connectivity index (χ1) is 13.5. The summed E-state index contributed by atoms with van der Waals surface area (Å²) in [6, 6.07) is 13.7. The maximum atomic E-state index is 12.3. The summed E-state index contributed by atoms with van der Waals surface area (Å²) in [5.41, 5.74) is 1.12. The van der Waals surface area contributed by atoms with Crippen LogP contribution in [0.2, 0.25) is 5.02 Å². The van der Waals surface area contributed by atoms with Crippen LogP contribution in [0.4, 0.5) is 11.4 Å². The smallest absolute Gasteiger partial charge is 0.311 e. The summed E-state index contributed by atoms with van der Waals surface area (Å²) in [5.74, 6) is -1.24. The van der Waals surface area contributed by atoms with Crippen molar-refractivity contribution < 1.29 is 23.9 Å². The van der Waals surface area contributed by atoms with Gasteiger partial charge in [-0.25, -0.2) is 0 Å². The molecule has 2 amide bonds. The number of anilines is 2. The van der Waals surface area contributed by atoms with E-state index in [1.165, 1.54) is 4.90 Å². The number of methoxy groups -OCH3 is 1. The van der Waals surface area contributed by atoms with Gasteiger partial charge in [0.15, 0.2) is 6.61 Å². The van der Waals surface area contributed by atoms with E-state index in [4.69, 9.17) is 21.1 Å². The number of hydrogen-bond acceptors (Lipinski definition) is 5. The van der Waals surface area contributed by atoms with Gasteiger partial charge in [-0.2, -0.15) is 0 Å². The number of rotatable bonds is 6. The summed E-state index contributed by atoms with van der Waals surface area (Å²) in [7, 11) is 1.55. The summed E-state index contributed by atoms with van der Waals surface area (Å²) in [6.45, 7) is -0.261. The molecule has 0 aliphatic carbocycles. The number of para-hydroxylation sites is 1. The fourth-order valence-electron chi connectivity index (χ4n) is 2.89. The standard InChI is InChI=1S/C20H19ClN2O5/c1-27-15-8-6-14(7-9-15)22-18(24)12-28-20(26)13-10-19(25)23(11-13)17-5-3-2-4-16(17)21/h2-9,13H,10-12H2,1H3,(H,22,24). The summed E-state index contributed by atoms with van der Waals surface area (Å²) >= 11 is 6.12. The first-order valence-electron chi connectivity index (χ1n) is 8.63. The molecule has 1 unspecified atom stereocenters. The van der Waals surface area contributed by atoms with Crippen molar-refractivity contribution in [1.82, 2.24) is 0 Å². The molecule has 1 N–H and O–H groups in total. The van der Waals surface area contributed by atoms with E-state index in [2.05, 4.69) is 5.32 Å². The van der Waals surface area contributed by atoms with Gasteiger partial charge in [-0.05, 0) is 36.4 Å². The van der Waals surface area contributed by atoms with E-state index < -0.39 is 24.4 Å². The highest BCUT2D eigenvalue weighted by Crippen LogP contribution is 2.31. The number of benzene rings is 2. The van der Waals surface area contributed by atoms with Crippen molar-refractivity contribution in [2.45, 2.75) is 6.42 Å². The van der Waals surface area contributed by atoms with Crippen molar-refractivity contribution in [2.75, 3.05) is 30.5 Å². The van der Waals surface area contributed by atoms with Crippen LogP contribution in [0.3, 0.4) is 0 Å². The molecule has 28 heavy (non-hydrogen) atoms. The average Bonchev–Trinajstić information content (AvgIpc) is 3.08. The molecule has 1 saturated heterocycles. The lowest BCUT2D eigenvalue weighted by Gasteiger charge is -2.17. The Morgan fingerprint density at radius 1 is 1.18 bits per heavy atom. The van der Waals surface area contributed by atoms with Crippen LogP contribution in [0.1, 0.15) is 6.42 Å². The molecule has 0 saturated carbocycles. The highest BCUT2D eigenvalue weighted by Gasteiger charge is 2.37. The molecule has 7 nitrogen and oxygen atoms in total. The Morgan fingerprint density at radius 3 is 2.57 bits per heavy atom. The molecule has 2 aromatic carbocycles. The maximum absolute atomic E-state index is 12.3. The SMILES string of the molecule is COc1ccc(NC(=O)COC(=O)C2CC(=O)N(c3ccccc3Cl)C2)cc1. The molecule has 1 aliphatic heterocycles. The van der Waals surface area contributed by atoms with Crippen LogP contribution in [0.15, 0.2) is 48.5 Å². The minimum Gasteiger partial charge on any atom is -0.497 e. The Kier molecular flexibility index (Phi) is 6.16. The number of ether oxygens (including phenoxy) is 2. The van der Waals surface area contributed by atoms with Crippen molar-refractivity contribution in [3.8, 4) is 5.75 Å². The van der Waals surface area contributed by atoms with Gasteiger partial charge in [-0.15, -0.1) is 0 Å². The summed E-state index contributed by atoms with van der Waals surface area (Å²) < 4.78 is 10.1. The van der Waals surface area contributed by atoms with Gasteiger partial charge < -0.3 is 19.7 Å². The Labute approximate surface area is 167 Å². The number of esters is 1. The summed E-state index contributed by atoms with van der Waals surface area (Å²) in [5, 5.41) is 3.06. The maximum Gasteiger partial charge on any atom is 0.311 e. The van der Waals surface area contributed by atoms with Crippen LogP contribution in [0.25, 0.3) is 0 Å². The van der Waals surface area contributed by atoms with E-state index in [1.54, 1.807) is 55.6 Å². The van der Waals surface area contributed by atoms with Crippen molar-refractivity contribution in [1.29, 1.82) is 0 Å². The van der Waals surface area contributed by atoms with E-state index in [0.717, 1.165) is 0 Å². The molecule has 0 spiro atoms. The quantitative estimate of drug-likeness (QED) is 0.751. The second-order valence-corrected chi connectivity index (χ2v) is 6.65. The molecule has 1 fully saturated rings. The molecule has 0 aromatic heterocycles. The predicted octanol–water partition coefficient (Wildman–Crippen LogP) is 2.88. The topological polar surface area (TPSA) is 84.9 Å². The van der Waals surface area contributed by atoms with Gasteiger partial charge in [0.2, 0.25) is 5.91 Å². The monoisotopic (exact) mass is 402 g/mol. The van der Waals surface area contributed by atoms with Gasteiger partial charge in [0.05, 0.1) is 23.7 Å². The molecule has 8 heteroatoms. The molecular formula is C20H19ClN2O5. The van der Waals surface area contributed by atoms with Crippen molar-refractivity contribution >= 4 is 40.8 Å². The van der Waals surface area contributed by atoms with Gasteiger partial charge in [0.25, 0.3) is 5.91 Å². The normalized spacial score (nSPS) is 16.0. The van der Waals surface area contributed by atoms with Gasteiger partial charge in [0, 0.05) is 18.7 Å². The highest BCUT2D eigenvalue weighted by molar-refractivity contribution is 6.33. The van der Waals surface area contributed by atoms with Crippen LogP contribution >= 0.6 is 11.6 Å². The number of amides is 2.